The van der Waals surface area contributed by atoms with E-state index in [-0.39, 0.29) is 6.67 Å². The van der Waals surface area contributed by atoms with Gasteiger partial charge in [-0.2, -0.15) is 0 Å². The first-order valence-electron chi connectivity index (χ1n) is 1.51. The van der Waals surface area contributed by atoms with Crippen LogP contribution >= 0.6 is 15.9 Å². The second-order valence-electron chi connectivity index (χ2n) is 0.368. The Balaban J connectivity index is 0. The highest BCUT2D eigenvalue weighted by atomic mass is 79.9. The SMILES string of the molecule is CCF.FCBr. The average Bonchev–Trinajstić information content (AvgIpc) is 1.39. The molecule has 0 amide bonds. The molecule has 0 aliphatic rings. The maximum absolute atomic E-state index is 10.3. The van der Waals surface area contributed by atoms with Gasteiger partial charge >= 0.3 is 0 Å². The maximum Gasteiger partial charge on any atom is 0.144 e. The summed E-state index contributed by atoms with van der Waals surface area (Å²) in [5.74, 6) is 0. The highest BCUT2D eigenvalue weighted by Gasteiger charge is 1.42. The Morgan fingerprint density at radius 2 is 1.50 bits per heavy atom. The first kappa shape index (κ1) is 9.60. The largest absolute Gasteiger partial charge is 0.251 e. The smallest absolute Gasteiger partial charge is 0.144 e. The topological polar surface area (TPSA) is 0 Å². The zero-order valence-corrected chi connectivity index (χ0v) is 5.13. The molecule has 0 bridgehead atoms. The monoisotopic (exact) mass is 160 g/mol. The minimum absolute atomic E-state index is 0.250. The third kappa shape index (κ3) is 419. The van der Waals surface area contributed by atoms with Gasteiger partial charge in [0.1, 0.15) is 5.58 Å². The van der Waals surface area contributed by atoms with Gasteiger partial charge in [-0.3, -0.25) is 4.39 Å². The molecule has 0 unspecified atom stereocenters. The number of halogens is 3. The van der Waals surface area contributed by atoms with Crippen LogP contribution in [-0.2, 0) is 0 Å². The van der Waals surface area contributed by atoms with Crippen LogP contribution in [0.25, 0.3) is 0 Å². The number of rotatable bonds is 0. The summed E-state index contributed by atoms with van der Waals surface area (Å²) in [4.78, 5) is 0. The van der Waals surface area contributed by atoms with Crippen molar-refractivity contribution >= 4 is 15.9 Å². The Bertz CT molecular complexity index is 10.8. The van der Waals surface area contributed by atoms with Gasteiger partial charge in [0, 0.05) is 0 Å². The quantitative estimate of drug-likeness (QED) is 0.478. The molecule has 0 spiro atoms. The van der Waals surface area contributed by atoms with E-state index in [4.69, 9.17) is 0 Å². The fourth-order valence-electron chi connectivity index (χ4n) is 0. The van der Waals surface area contributed by atoms with E-state index in [1.807, 2.05) is 0 Å². The third-order valence-corrected chi connectivity index (χ3v) is 0. The van der Waals surface area contributed by atoms with Gasteiger partial charge in [-0.05, 0) is 6.92 Å². The predicted octanol–water partition coefficient (Wildman–Crippen LogP) is 2.28. The Kier molecular flexibility index (Phi) is 29.4. The third-order valence-electron chi connectivity index (χ3n) is 0. The van der Waals surface area contributed by atoms with E-state index in [1.54, 1.807) is 0 Å². The van der Waals surface area contributed by atoms with Crippen molar-refractivity contribution in [1.82, 2.24) is 0 Å². The first-order chi connectivity index (χ1) is 2.83. The number of hydrogen-bond donors (Lipinski definition) is 0. The van der Waals surface area contributed by atoms with Gasteiger partial charge in [0.05, 0.1) is 6.67 Å². The normalized spacial score (nSPS) is 6.00. The summed E-state index contributed by atoms with van der Waals surface area (Å²) in [6.07, 6.45) is 0. The molecule has 0 aromatic carbocycles. The molecular formula is C3H7BrF2. The fraction of sp³-hybridized carbons (Fsp3) is 1.00. The fourth-order valence-corrected chi connectivity index (χ4v) is 0. The van der Waals surface area contributed by atoms with Crippen LogP contribution in [0.1, 0.15) is 6.92 Å². The Hall–Kier alpha value is 0.340. The van der Waals surface area contributed by atoms with Crippen LogP contribution in [0.4, 0.5) is 8.78 Å². The minimum Gasteiger partial charge on any atom is -0.251 e. The molecule has 0 aromatic rings. The lowest BCUT2D eigenvalue weighted by Crippen LogP contribution is -1.40. The minimum atomic E-state index is -0.438. The molecular weight excluding hydrogens is 154 g/mol. The molecule has 0 fully saturated rings. The maximum atomic E-state index is 10.3. The van der Waals surface area contributed by atoms with E-state index < -0.39 is 5.58 Å². The zero-order valence-electron chi connectivity index (χ0n) is 3.55. The lowest BCUT2D eigenvalue weighted by molar-refractivity contribution is 0.527. The van der Waals surface area contributed by atoms with Gasteiger partial charge < -0.3 is 0 Å². The molecule has 0 saturated carbocycles. The van der Waals surface area contributed by atoms with Crippen molar-refractivity contribution < 1.29 is 8.78 Å². The molecule has 6 heavy (non-hydrogen) atoms. The van der Waals surface area contributed by atoms with E-state index in [0.717, 1.165) is 0 Å². The van der Waals surface area contributed by atoms with Crippen molar-refractivity contribution in [2.24, 2.45) is 0 Å². The second kappa shape index (κ2) is 18.4. The van der Waals surface area contributed by atoms with Crippen LogP contribution in [0.2, 0.25) is 0 Å². The number of hydrogen-bond acceptors (Lipinski definition) is 0. The molecule has 0 aliphatic heterocycles. The van der Waals surface area contributed by atoms with Gasteiger partial charge in [0.25, 0.3) is 0 Å². The highest BCUT2D eigenvalue weighted by molar-refractivity contribution is 9.09. The molecule has 0 saturated heterocycles. The lowest BCUT2D eigenvalue weighted by Gasteiger charge is -1.45. The summed E-state index contributed by atoms with van der Waals surface area (Å²) in [5.41, 5.74) is -0.438. The molecule has 0 aromatic heterocycles. The Morgan fingerprint density at radius 3 is 1.50 bits per heavy atom. The summed E-state index contributed by atoms with van der Waals surface area (Å²) < 4.78 is 20.5. The summed E-state index contributed by atoms with van der Waals surface area (Å²) in [7, 11) is 0. The molecule has 0 nitrogen and oxygen atoms in total. The van der Waals surface area contributed by atoms with Gasteiger partial charge in [-0.1, -0.05) is 15.9 Å². The molecule has 3 heteroatoms. The molecule has 0 atom stereocenters. The Labute approximate surface area is 44.7 Å². The average molecular weight is 161 g/mol. The van der Waals surface area contributed by atoms with Crippen molar-refractivity contribution in [2.45, 2.75) is 6.92 Å². The zero-order chi connectivity index (χ0) is 5.41. The number of alkyl halides is 3. The van der Waals surface area contributed by atoms with Crippen molar-refractivity contribution in [2.75, 3.05) is 12.3 Å². The van der Waals surface area contributed by atoms with Crippen LogP contribution in [0.3, 0.4) is 0 Å². The molecule has 0 aliphatic carbocycles. The molecule has 0 N–H and O–H groups in total. The van der Waals surface area contributed by atoms with Gasteiger partial charge in [-0.25, -0.2) is 4.39 Å². The molecule has 0 rings (SSSR count). The van der Waals surface area contributed by atoms with Crippen LogP contribution in [0.5, 0.6) is 0 Å². The summed E-state index contributed by atoms with van der Waals surface area (Å²) >= 11 is 2.48. The molecule has 0 heterocycles. The van der Waals surface area contributed by atoms with Crippen LogP contribution in [-0.4, -0.2) is 12.3 Å². The van der Waals surface area contributed by atoms with E-state index in [2.05, 4.69) is 15.9 Å². The van der Waals surface area contributed by atoms with Crippen molar-refractivity contribution in [3.05, 3.63) is 0 Å². The van der Waals surface area contributed by atoms with Crippen molar-refractivity contribution in [1.29, 1.82) is 0 Å². The first-order valence-corrected chi connectivity index (χ1v) is 2.63. The van der Waals surface area contributed by atoms with E-state index in [0.29, 0.717) is 0 Å². The lowest BCUT2D eigenvalue weighted by atomic mass is 10.9. The van der Waals surface area contributed by atoms with Crippen LogP contribution in [0, 0.1) is 0 Å². The predicted molar refractivity (Wildman–Crippen MR) is 26.6 cm³/mol. The van der Waals surface area contributed by atoms with Gasteiger partial charge in [0.15, 0.2) is 0 Å². The van der Waals surface area contributed by atoms with E-state index in [1.165, 1.54) is 6.92 Å². The highest BCUT2D eigenvalue weighted by Crippen LogP contribution is 1.72. The van der Waals surface area contributed by atoms with Crippen molar-refractivity contribution in [3.63, 3.8) is 0 Å². The van der Waals surface area contributed by atoms with Gasteiger partial charge in [0.2, 0.25) is 0 Å². The summed E-state index contributed by atoms with van der Waals surface area (Å²) in [5, 5.41) is 0. The van der Waals surface area contributed by atoms with Crippen LogP contribution in [0.15, 0.2) is 0 Å². The summed E-state index contributed by atoms with van der Waals surface area (Å²) in [6.45, 7) is 1.21. The Morgan fingerprint density at radius 1 is 1.50 bits per heavy atom. The standard InChI is InChI=1S/C2H5F.CH2BrF/c1-2-3;2-1-3/h2H2,1H3;1H2. The summed E-state index contributed by atoms with van der Waals surface area (Å²) in [6, 6.07) is 0. The van der Waals surface area contributed by atoms with Gasteiger partial charge in [-0.15, -0.1) is 0 Å². The van der Waals surface area contributed by atoms with Crippen molar-refractivity contribution in [3.8, 4) is 0 Å². The van der Waals surface area contributed by atoms with Crippen LogP contribution < -0.4 is 0 Å². The van der Waals surface area contributed by atoms with E-state index >= 15 is 0 Å². The molecule has 40 valence electrons. The molecule has 0 radical (unpaired) electrons. The van der Waals surface area contributed by atoms with E-state index in [9.17, 15) is 8.78 Å². The second-order valence-corrected chi connectivity index (χ2v) is 0.792.